The Morgan fingerprint density at radius 1 is 1.11 bits per heavy atom. The number of anilines is 1. The van der Waals surface area contributed by atoms with Crippen LogP contribution in [0.4, 0.5) is 5.69 Å². The zero-order valence-electron chi connectivity index (χ0n) is 15.8. The van der Waals surface area contributed by atoms with E-state index in [1.165, 1.54) is 0 Å². The van der Waals surface area contributed by atoms with E-state index in [2.05, 4.69) is 10.5 Å². The molecular formula is C21H22N2O4. The average molecular weight is 366 g/mol. The van der Waals surface area contributed by atoms with Crippen molar-refractivity contribution in [2.45, 2.75) is 27.4 Å². The minimum atomic E-state index is -0.361. The fourth-order valence-electron chi connectivity index (χ4n) is 2.80. The summed E-state index contributed by atoms with van der Waals surface area (Å²) in [6.45, 7) is 5.93. The van der Waals surface area contributed by atoms with Crippen molar-refractivity contribution in [1.82, 2.24) is 5.16 Å². The SMILES string of the molecule is COc1cccc(NC(=O)c2noc(C)c2COc2c(C)cccc2C)c1. The van der Waals surface area contributed by atoms with Crippen LogP contribution in [0.3, 0.4) is 0 Å². The number of rotatable bonds is 6. The van der Waals surface area contributed by atoms with Crippen molar-refractivity contribution in [1.29, 1.82) is 0 Å². The lowest BCUT2D eigenvalue weighted by Gasteiger charge is -2.12. The number of benzene rings is 2. The minimum absolute atomic E-state index is 0.196. The van der Waals surface area contributed by atoms with Gasteiger partial charge in [-0.05, 0) is 44.0 Å². The normalized spacial score (nSPS) is 10.5. The monoisotopic (exact) mass is 366 g/mol. The topological polar surface area (TPSA) is 73.6 Å². The molecule has 140 valence electrons. The molecular weight excluding hydrogens is 344 g/mol. The quantitative estimate of drug-likeness (QED) is 0.698. The van der Waals surface area contributed by atoms with Crippen LogP contribution in [0.1, 0.15) is 32.9 Å². The molecule has 3 rings (SSSR count). The Bertz CT molecular complexity index is 942. The van der Waals surface area contributed by atoms with Gasteiger partial charge < -0.3 is 19.3 Å². The standard InChI is InChI=1S/C21H22N2O4/c1-13-7-5-8-14(2)20(13)26-12-18-15(3)27-23-19(18)21(24)22-16-9-6-10-17(11-16)25-4/h5-11H,12H2,1-4H3,(H,22,24). The molecule has 0 unspecified atom stereocenters. The summed E-state index contributed by atoms with van der Waals surface area (Å²) >= 11 is 0. The molecule has 1 aromatic heterocycles. The van der Waals surface area contributed by atoms with Crippen molar-refractivity contribution in [2.24, 2.45) is 0 Å². The number of ether oxygens (including phenoxy) is 2. The van der Waals surface area contributed by atoms with Gasteiger partial charge in [0.1, 0.15) is 23.9 Å². The first-order chi connectivity index (χ1) is 13.0. The molecule has 6 heteroatoms. The number of nitrogens with zero attached hydrogens (tertiary/aromatic N) is 1. The van der Waals surface area contributed by atoms with Crippen LogP contribution < -0.4 is 14.8 Å². The molecule has 0 radical (unpaired) electrons. The highest BCUT2D eigenvalue weighted by Crippen LogP contribution is 2.25. The van der Waals surface area contributed by atoms with E-state index in [4.69, 9.17) is 14.0 Å². The van der Waals surface area contributed by atoms with Gasteiger partial charge in [-0.2, -0.15) is 0 Å². The van der Waals surface area contributed by atoms with Gasteiger partial charge in [-0.15, -0.1) is 0 Å². The predicted molar refractivity (Wildman–Crippen MR) is 102 cm³/mol. The zero-order chi connectivity index (χ0) is 19.4. The maximum absolute atomic E-state index is 12.7. The fraction of sp³-hybridized carbons (Fsp3) is 0.238. The first kappa shape index (κ1) is 18.5. The van der Waals surface area contributed by atoms with Gasteiger partial charge in [0, 0.05) is 11.8 Å². The summed E-state index contributed by atoms with van der Waals surface area (Å²) in [4.78, 5) is 12.7. The van der Waals surface area contributed by atoms with Gasteiger partial charge in [0.2, 0.25) is 0 Å². The van der Waals surface area contributed by atoms with Gasteiger partial charge in [-0.25, -0.2) is 0 Å². The van der Waals surface area contributed by atoms with Gasteiger partial charge in [0.15, 0.2) is 5.69 Å². The van der Waals surface area contributed by atoms with Gasteiger partial charge in [-0.3, -0.25) is 4.79 Å². The van der Waals surface area contributed by atoms with Crippen LogP contribution in [0.15, 0.2) is 47.0 Å². The van der Waals surface area contributed by atoms with Gasteiger partial charge >= 0.3 is 0 Å². The molecule has 0 atom stereocenters. The Labute approximate surface area is 158 Å². The fourth-order valence-corrected chi connectivity index (χ4v) is 2.80. The van der Waals surface area contributed by atoms with E-state index in [1.807, 2.05) is 32.0 Å². The third kappa shape index (κ3) is 4.11. The van der Waals surface area contributed by atoms with E-state index in [0.29, 0.717) is 22.8 Å². The molecule has 0 saturated heterocycles. The summed E-state index contributed by atoms with van der Waals surface area (Å²) in [7, 11) is 1.57. The molecule has 27 heavy (non-hydrogen) atoms. The molecule has 0 spiro atoms. The highest BCUT2D eigenvalue weighted by molar-refractivity contribution is 6.04. The molecule has 0 aliphatic heterocycles. The molecule has 0 saturated carbocycles. The van der Waals surface area contributed by atoms with E-state index in [-0.39, 0.29) is 18.2 Å². The molecule has 0 bridgehead atoms. The van der Waals surface area contributed by atoms with Crippen LogP contribution in [-0.4, -0.2) is 18.2 Å². The Morgan fingerprint density at radius 3 is 2.52 bits per heavy atom. The summed E-state index contributed by atoms with van der Waals surface area (Å²) in [6, 6.07) is 13.1. The van der Waals surface area contributed by atoms with Crippen LogP contribution in [0, 0.1) is 20.8 Å². The van der Waals surface area contributed by atoms with Crippen molar-refractivity contribution in [3.8, 4) is 11.5 Å². The summed E-state index contributed by atoms with van der Waals surface area (Å²) in [6.07, 6.45) is 0. The Kier molecular flexibility index (Phi) is 5.45. The van der Waals surface area contributed by atoms with Crippen molar-refractivity contribution in [3.05, 3.63) is 70.6 Å². The third-order valence-electron chi connectivity index (χ3n) is 4.30. The van der Waals surface area contributed by atoms with Crippen LogP contribution in [0.25, 0.3) is 0 Å². The van der Waals surface area contributed by atoms with Gasteiger partial charge in [0.25, 0.3) is 5.91 Å². The number of hydrogen-bond acceptors (Lipinski definition) is 5. The van der Waals surface area contributed by atoms with E-state index in [0.717, 1.165) is 16.9 Å². The Morgan fingerprint density at radius 2 is 1.81 bits per heavy atom. The largest absolute Gasteiger partial charge is 0.497 e. The molecule has 1 heterocycles. The molecule has 0 aliphatic carbocycles. The first-order valence-electron chi connectivity index (χ1n) is 8.59. The van der Waals surface area contributed by atoms with Crippen LogP contribution in [-0.2, 0) is 6.61 Å². The number of amides is 1. The number of carbonyl (C=O) groups excluding carboxylic acids is 1. The van der Waals surface area contributed by atoms with Gasteiger partial charge in [-0.1, -0.05) is 29.4 Å². The highest BCUT2D eigenvalue weighted by Gasteiger charge is 2.21. The third-order valence-corrected chi connectivity index (χ3v) is 4.30. The lowest BCUT2D eigenvalue weighted by Crippen LogP contribution is -2.15. The predicted octanol–water partition coefficient (Wildman–Crippen LogP) is 4.44. The van der Waals surface area contributed by atoms with Crippen LogP contribution in [0.5, 0.6) is 11.5 Å². The molecule has 2 aromatic carbocycles. The maximum Gasteiger partial charge on any atom is 0.278 e. The second-order valence-corrected chi connectivity index (χ2v) is 6.26. The number of methoxy groups -OCH3 is 1. The van der Waals surface area contributed by atoms with Crippen molar-refractivity contribution < 1.29 is 18.8 Å². The lowest BCUT2D eigenvalue weighted by atomic mass is 10.1. The Balaban J connectivity index is 1.78. The number of para-hydroxylation sites is 1. The summed E-state index contributed by atoms with van der Waals surface area (Å²) in [5.74, 6) is 1.65. The molecule has 0 fully saturated rings. The summed E-state index contributed by atoms with van der Waals surface area (Å²) in [5.41, 5.74) is 3.51. The molecule has 3 aromatic rings. The van der Waals surface area contributed by atoms with Crippen LogP contribution >= 0.6 is 0 Å². The molecule has 1 amide bonds. The van der Waals surface area contributed by atoms with Crippen molar-refractivity contribution >= 4 is 11.6 Å². The average Bonchev–Trinajstić information content (AvgIpc) is 3.02. The second-order valence-electron chi connectivity index (χ2n) is 6.26. The summed E-state index contributed by atoms with van der Waals surface area (Å²) in [5, 5.41) is 6.72. The van der Waals surface area contributed by atoms with Crippen LogP contribution in [0.2, 0.25) is 0 Å². The maximum atomic E-state index is 12.7. The molecule has 6 nitrogen and oxygen atoms in total. The van der Waals surface area contributed by atoms with E-state index < -0.39 is 0 Å². The smallest absolute Gasteiger partial charge is 0.278 e. The van der Waals surface area contributed by atoms with E-state index in [9.17, 15) is 4.79 Å². The second kappa shape index (κ2) is 7.95. The first-order valence-corrected chi connectivity index (χ1v) is 8.59. The Hall–Kier alpha value is -3.28. The van der Waals surface area contributed by atoms with E-state index in [1.54, 1.807) is 38.3 Å². The number of carbonyl (C=O) groups is 1. The molecule has 0 aliphatic rings. The van der Waals surface area contributed by atoms with Gasteiger partial charge in [0.05, 0.1) is 12.7 Å². The number of hydrogen-bond donors (Lipinski definition) is 1. The number of nitrogens with one attached hydrogen (secondary N) is 1. The van der Waals surface area contributed by atoms with E-state index >= 15 is 0 Å². The minimum Gasteiger partial charge on any atom is -0.497 e. The highest BCUT2D eigenvalue weighted by atomic mass is 16.5. The zero-order valence-corrected chi connectivity index (χ0v) is 15.8. The number of aromatic nitrogens is 1. The molecule has 1 N–H and O–H groups in total. The number of aryl methyl sites for hydroxylation is 3. The van der Waals surface area contributed by atoms with Crippen molar-refractivity contribution in [3.63, 3.8) is 0 Å². The lowest BCUT2D eigenvalue weighted by molar-refractivity contribution is 0.101. The van der Waals surface area contributed by atoms with Crippen molar-refractivity contribution in [2.75, 3.05) is 12.4 Å². The summed E-state index contributed by atoms with van der Waals surface area (Å²) < 4.78 is 16.4.